The van der Waals surface area contributed by atoms with Gasteiger partial charge in [-0.05, 0) is 55.1 Å². The topological polar surface area (TPSA) is 29.9 Å². The van der Waals surface area contributed by atoms with Crippen LogP contribution in [0.5, 0.6) is 0 Å². The van der Waals surface area contributed by atoms with E-state index in [0.717, 1.165) is 25.3 Å². The number of nitrogens with zero attached hydrogens (tertiary/aromatic N) is 2. The SMILES string of the molecule is CCc1nn(CC)c(CC(NC)C2CCC2)c1Br. The monoisotopic (exact) mass is 313 g/mol. The molecule has 1 aliphatic carbocycles. The normalized spacial score (nSPS) is 17.8. The van der Waals surface area contributed by atoms with Gasteiger partial charge < -0.3 is 5.32 Å². The fraction of sp³-hybridized carbons (Fsp3) is 0.786. The summed E-state index contributed by atoms with van der Waals surface area (Å²) in [5.41, 5.74) is 2.55. The van der Waals surface area contributed by atoms with E-state index in [1.54, 1.807) is 0 Å². The smallest absolute Gasteiger partial charge is 0.0766 e. The van der Waals surface area contributed by atoms with Gasteiger partial charge >= 0.3 is 0 Å². The lowest BCUT2D eigenvalue weighted by Gasteiger charge is -2.33. The third-order valence-electron chi connectivity index (χ3n) is 4.20. The summed E-state index contributed by atoms with van der Waals surface area (Å²) < 4.78 is 3.39. The van der Waals surface area contributed by atoms with Crippen LogP contribution in [0.4, 0.5) is 0 Å². The zero-order chi connectivity index (χ0) is 13.1. The van der Waals surface area contributed by atoms with Gasteiger partial charge in [-0.3, -0.25) is 4.68 Å². The van der Waals surface area contributed by atoms with Crippen molar-refractivity contribution in [2.24, 2.45) is 5.92 Å². The van der Waals surface area contributed by atoms with Crippen LogP contribution in [0.3, 0.4) is 0 Å². The summed E-state index contributed by atoms with van der Waals surface area (Å²) in [5.74, 6) is 0.854. The van der Waals surface area contributed by atoms with Crippen molar-refractivity contribution in [3.05, 3.63) is 15.9 Å². The van der Waals surface area contributed by atoms with Crippen LogP contribution in [0.25, 0.3) is 0 Å². The van der Waals surface area contributed by atoms with Crippen LogP contribution in [-0.2, 0) is 19.4 Å². The summed E-state index contributed by atoms with van der Waals surface area (Å²) in [7, 11) is 2.09. The summed E-state index contributed by atoms with van der Waals surface area (Å²) in [6.07, 6.45) is 6.24. The van der Waals surface area contributed by atoms with Gasteiger partial charge in [-0.2, -0.15) is 5.10 Å². The first-order chi connectivity index (χ1) is 8.71. The maximum absolute atomic E-state index is 4.68. The van der Waals surface area contributed by atoms with E-state index >= 15 is 0 Å². The van der Waals surface area contributed by atoms with E-state index in [-0.39, 0.29) is 0 Å². The van der Waals surface area contributed by atoms with Gasteiger partial charge in [0.2, 0.25) is 0 Å². The van der Waals surface area contributed by atoms with Crippen molar-refractivity contribution in [1.82, 2.24) is 15.1 Å². The summed E-state index contributed by atoms with van der Waals surface area (Å²) in [6, 6.07) is 0.599. The van der Waals surface area contributed by atoms with Crippen LogP contribution < -0.4 is 5.32 Å². The maximum atomic E-state index is 4.68. The Bertz CT molecular complexity index is 396. The molecule has 1 fully saturated rings. The van der Waals surface area contributed by atoms with Gasteiger partial charge in [-0.25, -0.2) is 0 Å². The largest absolute Gasteiger partial charge is 0.316 e. The molecule has 4 heteroatoms. The van der Waals surface area contributed by atoms with Crippen molar-refractivity contribution in [3.63, 3.8) is 0 Å². The van der Waals surface area contributed by atoms with Gasteiger partial charge in [0.25, 0.3) is 0 Å². The minimum atomic E-state index is 0.599. The maximum Gasteiger partial charge on any atom is 0.0766 e. The molecule has 1 heterocycles. The Morgan fingerprint density at radius 2 is 2.17 bits per heavy atom. The minimum Gasteiger partial charge on any atom is -0.316 e. The first-order valence-corrected chi connectivity index (χ1v) is 7.91. The van der Waals surface area contributed by atoms with Crippen molar-refractivity contribution in [1.29, 1.82) is 0 Å². The number of nitrogens with one attached hydrogen (secondary N) is 1. The Labute approximate surface area is 118 Å². The molecule has 1 N–H and O–H groups in total. The summed E-state index contributed by atoms with van der Waals surface area (Å²) >= 11 is 3.74. The van der Waals surface area contributed by atoms with Crippen molar-refractivity contribution < 1.29 is 0 Å². The van der Waals surface area contributed by atoms with Gasteiger partial charge in [0, 0.05) is 19.0 Å². The second-order valence-corrected chi connectivity index (χ2v) is 5.96. The van der Waals surface area contributed by atoms with Gasteiger partial charge in [0.1, 0.15) is 0 Å². The van der Waals surface area contributed by atoms with Crippen LogP contribution in [0, 0.1) is 5.92 Å². The summed E-state index contributed by atoms with van der Waals surface area (Å²) in [4.78, 5) is 0. The number of likely N-dealkylation sites (N-methyl/N-ethyl adjacent to an activating group) is 1. The van der Waals surface area contributed by atoms with Crippen molar-refractivity contribution in [2.75, 3.05) is 7.05 Å². The fourth-order valence-corrected chi connectivity index (χ4v) is 3.49. The second kappa shape index (κ2) is 6.20. The Hall–Kier alpha value is -0.350. The molecule has 0 radical (unpaired) electrons. The molecular formula is C14H24BrN3. The lowest BCUT2D eigenvalue weighted by atomic mass is 9.78. The zero-order valence-corrected chi connectivity index (χ0v) is 13.3. The van der Waals surface area contributed by atoms with E-state index in [1.807, 2.05) is 0 Å². The van der Waals surface area contributed by atoms with E-state index in [0.29, 0.717) is 6.04 Å². The van der Waals surface area contributed by atoms with Gasteiger partial charge in [0.15, 0.2) is 0 Å². The average Bonchev–Trinajstić information content (AvgIpc) is 2.63. The molecule has 0 aromatic carbocycles. The molecule has 0 saturated heterocycles. The highest BCUT2D eigenvalue weighted by molar-refractivity contribution is 9.10. The highest BCUT2D eigenvalue weighted by atomic mass is 79.9. The molecule has 0 amide bonds. The highest BCUT2D eigenvalue weighted by Gasteiger charge is 2.28. The standard InChI is InChI=1S/C14H24BrN3/c1-4-11-14(15)13(18(5-2)17-11)9-12(16-3)10-7-6-8-10/h10,12,16H,4-9H2,1-3H3. The van der Waals surface area contributed by atoms with Crippen molar-refractivity contribution >= 4 is 15.9 Å². The van der Waals surface area contributed by atoms with Crippen LogP contribution in [0.1, 0.15) is 44.5 Å². The van der Waals surface area contributed by atoms with E-state index in [9.17, 15) is 0 Å². The molecule has 1 aromatic rings. The Kier molecular flexibility index (Phi) is 4.84. The minimum absolute atomic E-state index is 0.599. The third-order valence-corrected chi connectivity index (χ3v) is 5.11. The molecule has 2 rings (SSSR count). The molecular weight excluding hydrogens is 290 g/mol. The number of hydrogen-bond donors (Lipinski definition) is 1. The van der Waals surface area contributed by atoms with Crippen LogP contribution >= 0.6 is 15.9 Å². The molecule has 0 bridgehead atoms. The molecule has 102 valence electrons. The Morgan fingerprint density at radius 3 is 2.61 bits per heavy atom. The van der Waals surface area contributed by atoms with E-state index in [2.05, 4.69) is 51.9 Å². The lowest BCUT2D eigenvalue weighted by molar-refractivity contribution is 0.233. The molecule has 3 nitrogen and oxygen atoms in total. The predicted molar refractivity (Wildman–Crippen MR) is 78.9 cm³/mol. The number of halogens is 1. The van der Waals surface area contributed by atoms with Crippen LogP contribution in [-0.4, -0.2) is 22.9 Å². The zero-order valence-electron chi connectivity index (χ0n) is 11.7. The van der Waals surface area contributed by atoms with Crippen molar-refractivity contribution in [2.45, 2.75) is 58.5 Å². The van der Waals surface area contributed by atoms with Crippen LogP contribution in [0.2, 0.25) is 0 Å². The molecule has 0 aliphatic heterocycles. The van der Waals surface area contributed by atoms with E-state index < -0.39 is 0 Å². The molecule has 18 heavy (non-hydrogen) atoms. The molecule has 1 atom stereocenters. The molecule has 1 aliphatic rings. The quantitative estimate of drug-likeness (QED) is 0.874. The second-order valence-electron chi connectivity index (χ2n) is 5.17. The fourth-order valence-electron chi connectivity index (χ4n) is 2.77. The summed E-state index contributed by atoms with van der Waals surface area (Å²) in [6.45, 7) is 5.29. The van der Waals surface area contributed by atoms with Crippen LogP contribution in [0.15, 0.2) is 4.47 Å². The third kappa shape index (κ3) is 2.64. The number of aryl methyl sites for hydroxylation is 2. The number of rotatable bonds is 6. The molecule has 1 saturated carbocycles. The first kappa shape index (κ1) is 14.1. The van der Waals surface area contributed by atoms with E-state index in [1.165, 1.54) is 35.1 Å². The molecule has 1 unspecified atom stereocenters. The Balaban J connectivity index is 2.17. The van der Waals surface area contributed by atoms with Gasteiger partial charge in [-0.15, -0.1) is 0 Å². The molecule has 0 spiro atoms. The first-order valence-electron chi connectivity index (χ1n) is 7.12. The van der Waals surface area contributed by atoms with E-state index in [4.69, 9.17) is 0 Å². The van der Waals surface area contributed by atoms with Crippen molar-refractivity contribution in [3.8, 4) is 0 Å². The molecule has 1 aromatic heterocycles. The van der Waals surface area contributed by atoms with Gasteiger partial charge in [0.05, 0.1) is 15.9 Å². The lowest BCUT2D eigenvalue weighted by Crippen LogP contribution is -2.39. The summed E-state index contributed by atoms with van der Waals surface area (Å²) in [5, 5.41) is 8.18. The number of aromatic nitrogens is 2. The predicted octanol–water partition coefficient (Wildman–Crippen LogP) is 3.16. The number of hydrogen-bond acceptors (Lipinski definition) is 2. The van der Waals surface area contributed by atoms with Gasteiger partial charge in [-0.1, -0.05) is 13.3 Å². The average molecular weight is 314 g/mol. The Morgan fingerprint density at radius 1 is 1.44 bits per heavy atom. The highest BCUT2D eigenvalue weighted by Crippen LogP contribution is 2.32.